The lowest BCUT2D eigenvalue weighted by Gasteiger charge is -2.41. The fourth-order valence-corrected chi connectivity index (χ4v) is 1.94. The normalized spacial score (nSPS) is 19.1. The minimum absolute atomic E-state index is 0.0621. The van der Waals surface area contributed by atoms with E-state index in [0.717, 1.165) is 6.92 Å². The van der Waals surface area contributed by atoms with Crippen molar-refractivity contribution in [2.45, 2.75) is 32.6 Å². The smallest absolute Gasteiger partial charge is 0.295 e. The Morgan fingerprint density at radius 1 is 1.47 bits per heavy atom. The number of carbonyl (C=O) groups excluding carboxylic acids is 1. The number of carbonyl (C=O) groups is 1. The Balaban J connectivity index is 2.70. The van der Waals surface area contributed by atoms with Crippen LogP contribution in [0.1, 0.15) is 26.7 Å². The first kappa shape index (κ1) is 13.9. The van der Waals surface area contributed by atoms with Gasteiger partial charge in [0.05, 0.1) is 5.41 Å². The highest BCUT2D eigenvalue weighted by Gasteiger charge is 2.50. The predicted molar refractivity (Wildman–Crippen MR) is 59.6 cm³/mol. The van der Waals surface area contributed by atoms with Crippen LogP contribution < -0.4 is 5.32 Å². The molecule has 1 aliphatic heterocycles. The van der Waals surface area contributed by atoms with Crippen LogP contribution in [-0.4, -0.2) is 31.6 Å². The molecule has 1 heterocycles. The van der Waals surface area contributed by atoms with Gasteiger partial charge in [0.2, 0.25) is 0 Å². The molecule has 96 valence electrons. The summed E-state index contributed by atoms with van der Waals surface area (Å²) in [5.74, 6) is 1.35. The van der Waals surface area contributed by atoms with Crippen molar-refractivity contribution in [2.75, 3.05) is 19.8 Å². The lowest BCUT2D eigenvalue weighted by atomic mass is 9.75. The maximum atomic E-state index is 13.7. The van der Waals surface area contributed by atoms with Gasteiger partial charge < -0.3 is 10.1 Å². The molecule has 1 saturated heterocycles. The summed E-state index contributed by atoms with van der Waals surface area (Å²) in [5, 5.41) is 2.45. The van der Waals surface area contributed by atoms with E-state index in [0.29, 0.717) is 13.2 Å². The van der Waals surface area contributed by atoms with Crippen molar-refractivity contribution >= 4 is 5.91 Å². The molecule has 0 spiro atoms. The van der Waals surface area contributed by atoms with Gasteiger partial charge in [0, 0.05) is 19.8 Å². The van der Waals surface area contributed by atoms with Gasteiger partial charge in [-0.05, 0) is 32.6 Å². The molecule has 1 aliphatic rings. The van der Waals surface area contributed by atoms with Gasteiger partial charge in [-0.25, -0.2) is 8.78 Å². The highest BCUT2D eigenvalue weighted by molar-refractivity contribution is 5.93. The van der Waals surface area contributed by atoms with E-state index in [2.05, 4.69) is 17.2 Å². The summed E-state index contributed by atoms with van der Waals surface area (Å²) in [6.45, 7) is 2.97. The average Bonchev–Trinajstić information content (AvgIpc) is 2.27. The van der Waals surface area contributed by atoms with E-state index in [4.69, 9.17) is 4.74 Å². The predicted octanol–water partition coefficient (Wildman–Crippen LogP) is 1.58. The van der Waals surface area contributed by atoms with Crippen molar-refractivity contribution in [3.05, 3.63) is 0 Å². The molecule has 0 aromatic heterocycles. The number of hydrogen-bond donors (Lipinski definition) is 1. The van der Waals surface area contributed by atoms with Crippen LogP contribution in [0.4, 0.5) is 8.78 Å². The minimum Gasteiger partial charge on any atom is -0.381 e. The molecule has 0 saturated carbocycles. The summed E-state index contributed by atoms with van der Waals surface area (Å²) in [4.78, 5) is 11.2. The first-order chi connectivity index (χ1) is 7.91. The van der Waals surface area contributed by atoms with Gasteiger partial charge in [-0.3, -0.25) is 4.79 Å². The van der Waals surface area contributed by atoms with Crippen LogP contribution in [0.2, 0.25) is 0 Å². The van der Waals surface area contributed by atoms with Crippen LogP contribution >= 0.6 is 0 Å². The quantitative estimate of drug-likeness (QED) is 0.767. The second kappa shape index (κ2) is 5.46. The third-order valence-corrected chi connectivity index (χ3v) is 3.21. The molecule has 17 heavy (non-hydrogen) atoms. The zero-order chi connectivity index (χ0) is 12.9. The van der Waals surface area contributed by atoms with Crippen molar-refractivity contribution < 1.29 is 18.3 Å². The van der Waals surface area contributed by atoms with Gasteiger partial charge >= 0.3 is 0 Å². The fraction of sp³-hybridized carbons (Fsp3) is 0.750. The maximum Gasteiger partial charge on any atom is 0.295 e. The summed E-state index contributed by atoms with van der Waals surface area (Å²) in [7, 11) is 0. The molecule has 0 radical (unpaired) electrons. The second-order valence-electron chi connectivity index (χ2n) is 4.34. The third-order valence-electron chi connectivity index (χ3n) is 3.21. The zero-order valence-electron chi connectivity index (χ0n) is 10.1. The van der Waals surface area contributed by atoms with Crippen molar-refractivity contribution in [1.29, 1.82) is 0 Å². The van der Waals surface area contributed by atoms with Crippen LogP contribution in [0.15, 0.2) is 0 Å². The molecule has 0 bridgehead atoms. The number of halogens is 2. The van der Waals surface area contributed by atoms with E-state index < -0.39 is 17.2 Å². The largest absolute Gasteiger partial charge is 0.381 e. The molecule has 1 amide bonds. The Hall–Kier alpha value is -1.15. The van der Waals surface area contributed by atoms with Gasteiger partial charge in [0.1, 0.15) is 0 Å². The molecule has 0 unspecified atom stereocenters. The first-order valence-corrected chi connectivity index (χ1v) is 5.57. The Kier molecular flexibility index (Phi) is 4.47. The van der Waals surface area contributed by atoms with Crippen LogP contribution in [-0.2, 0) is 9.53 Å². The maximum absolute atomic E-state index is 13.7. The van der Waals surface area contributed by atoms with E-state index in [9.17, 15) is 13.6 Å². The van der Waals surface area contributed by atoms with Crippen molar-refractivity contribution in [1.82, 2.24) is 5.32 Å². The van der Waals surface area contributed by atoms with E-state index >= 15 is 0 Å². The summed E-state index contributed by atoms with van der Waals surface area (Å²) < 4.78 is 32.4. The summed E-state index contributed by atoms with van der Waals surface area (Å²) >= 11 is 0. The number of ether oxygens (including phenoxy) is 1. The standard InChI is InChI=1S/C12H17F2NO2/c1-3-4-10(16)15-9-12(11(2,13)14)5-7-17-8-6-12/h5-9H2,1-2H3,(H,15,16). The molecular formula is C12H17F2NO2. The SMILES string of the molecule is CC#CC(=O)NCC1(C(C)(F)F)CCOCC1. The molecule has 3 nitrogen and oxygen atoms in total. The van der Waals surface area contributed by atoms with Gasteiger partial charge in [0.15, 0.2) is 0 Å². The molecule has 1 fully saturated rings. The number of amides is 1. The summed E-state index contributed by atoms with van der Waals surface area (Å²) in [6.07, 6.45) is 0.493. The fourth-order valence-electron chi connectivity index (χ4n) is 1.94. The highest BCUT2D eigenvalue weighted by atomic mass is 19.3. The topological polar surface area (TPSA) is 38.3 Å². The first-order valence-electron chi connectivity index (χ1n) is 5.57. The van der Waals surface area contributed by atoms with Crippen LogP contribution in [0.25, 0.3) is 0 Å². The molecule has 0 aromatic rings. The monoisotopic (exact) mass is 245 g/mol. The number of nitrogens with one attached hydrogen (secondary N) is 1. The lowest BCUT2D eigenvalue weighted by Crippen LogP contribution is -2.51. The zero-order valence-corrected chi connectivity index (χ0v) is 10.1. The van der Waals surface area contributed by atoms with Crippen LogP contribution in [0.5, 0.6) is 0 Å². The molecule has 0 aliphatic carbocycles. The number of alkyl halides is 2. The van der Waals surface area contributed by atoms with Gasteiger partial charge in [-0.1, -0.05) is 5.92 Å². The Morgan fingerprint density at radius 2 is 2.06 bits per heavy atom. The van der Waals surface area contributed by atoms with Crippen molar-refractivity contribution in [2.24, 2.45) is 5.41 Å². The third kappa shape index (κ3) is 3.40. The molecule has 1 rings (SSSR count). The van der Waals surface area contributed by atoms with Gasteiger partial charge in [0.25, 0.3) is 11.8 Å². The number of hydrogen-bond acceptors (Lipinski definition) is 2. The summed E-state index contributed by atoms with van der Waals surface area (Å²) in [6, 6.07) is 0. The van der Waals surface area contributed by atoms with Crippen molar-refractivity contribution in [3.63, 3.8) is 0 Å². The summed E-state index contributed by atoms with van der Waals surface area (Å²) in [5.41, 5.74) is -1.21. The minimum atomic E-state index is -2.84. The van der Waals surface area contributed by atoms with E-state index in [1.807, 2.05) is 0 Å². The van der Waals surface area contributed by atoms with E-state index in [1.54, 1.807) is 0 Å². The van der Waals surface area contributed by atoms with E-state index in [1.165, 1.54) is 6.92 Å². The van der Waals surface area contributed by atoms with Crippen molar-refractivity contribution in [3.8, 4) is 11.8 Å². The second-order valence-corrected chi connectivity index (χ2v) is 4.34. The Bertz CT molecular complexity index is 333. The highest BCUT2D eigenvalue weighted by Crippen LogP contribution is 2.43. The molecular weight excluding hydrogens is 228 g/mol. The molecule has 5 heteroatoms. The molecule has 0 atom stereocenters. The lowest BCUT2D eigenvalue weighted by molar-refractivity contribution is -0.150. The van der Waals surface area contributed by atoms with Crippen LogP contribution in [0, 0.1) is 17.3 Å². The van der Waals surface area contributed by atoms with E-state index in [-0.39, 0.29) is 19.4 Å². The van der Waals surface area contributed by atoms with Gasteiger partial charge in [-0.2, -0.15) is 0 Å². The number of rotatable bonds is 3. The van der Waals surface area contributed by atoms with Gasteiger partial charge in [-0.15, -0.1) is 0 Å². The average molecular weight is 245 g/mol. The Morgan fingerprint density at radius 3 is 2.53 bits per heavy atom. The molecule has 1 N–H and O–H groups in total. The molecule has 0 aromatic carbocycles. The Labute approximate surface area is 99.9 Å². The van der Waals surface area contributed by atoms with Crippen LogP contribution in [0.3, 0.4) is 0 Å².